The van der Waals surface area contributed by atoms with Gasteiger partial charge in [-0.3, -0.25) is 4.79 Å². The first-order valence-corrected chi connectivity index (χ1v) is 20.1. The summed E-state index contributed by atoms with van der Waals surface area (Å²) in [5, 5.41) is 24.3. The number of aliphatic hydroxyl groups excluding tert-OH is 1. The van der Waals surface area contributed by atoms with E-state index in [1.54, 1.807) is 12.1 Å². The van der Waals surface area contributed by atoms with Crippen LogP contribution in [0.15, 0.2) is 42.0 Å². The van der Waals surface area contributed by atoms with Crippen LogP contribution in [0.4, 0.5) is 9.18 Å². The number of carbonyl (C=O) groups is 2. The summed E-state index contributed by atoms with van der Waals surface area (Å²) in [6.07, 6.45) is 14.2. The molecule has 10 rings (SSSR count). The SMILES string of the molecule is CCOC(=O)N(CC1CCC2CC1C2(C)C)CC1(O)CCC2C34C=CC5(C=C3C(=O)Cc3c(F)cccc3Cl)CC(O)CCC5(C)C4CCC21C. The van der Waals surface area contributed by atoms with Crippen molar-refractivity contribution in [2.45, 2.75) is 117 Å². The van der Waals surface area contributed by atoms with Gasteiger partial charge < -0.3 is 19.8 Å². The van der Waals surface area contributed by atoms with E-state index in [1.807, 2.05) is 11.8 Å². The number of hydrogen-bond acceptors (Lipinski definition) is 5. The molecule has 4 bridgehead atoms. The molecule has 2 spiro atoms. The number of hydrogen-bond donors (Lipinski definition) is 2. The van der Waals surface area contributed by atoms with Crippen molar-refractivity contribution in [1.29, 1.82) is 0 Å². The van der Waals surface area contributed by atoms with Crippen molar-refractivity contribution >= 4 is 23.5 Å². The molecule has 1 aromatic carbocycles. The van der Waals surface area contributed by atoms with E-state index in [0.29, 0.717) is 43.2 Å². The lowest BCUT2D eigenvalue weighted by Gasteiger charge is -2.71. The van der Waals surface area contributed by atoms with Crippen LogP contribution in [0.25, 0.3) is 0 Å². The minimum atomic E-state index is -1.18. The molecule has 0 aromatic heterocycles. The van der Waals surface area contributed by atoms with Gasteiger partial charge in [-0.1, -0.05) is 63.6 Å². The lowest BCUT2D eigenvalue weighted by Crippen LogP contribution is -2.67. The van der Waals surface area contributed by atoms with Crippen LogP contribution in [0.2, 0.25) is 5.02 Å². The maximum absolute atomic E-state index is 15.2. The molecule has 0 heterocycles. The van der Waals surface area contributed by atoms with Gasteiger partial charge in [-0.15, -0.1) is 0 Å². The summed E-state index contributed by atoms with van der Waals surface area (Å²) < 4.78 is 20.8. The minimum Gasteiger partial charge on any atom is -0.450 e. The summed E-state index contributed by atoms with van der Waals surface area (Å²) in [6.45, 7) is 12.2. The molecule has 6 saturated carbocycles. The number of ketones is 1. The fourth-order valence-corrected chi connectivity index (χ4v) is 14.0. The molecule has 2 N–H and O–H groups in total. The third kappa shape index (κ3) is 4.84. The second-order valence-corrected chi connectivity index (χ2v) is 19.3. The minimum absolute atomic E-state index is 0.0664. The Labute approximate surface area is 308 Å². The Bertz CT molecular complexity index is 1670. The van der Waals surface area contributed by atoms with Crippen molar-refractivity contribution in [3.8, 4) is 0 Å². The Balaban J connectivity index is 1.17. The van der Waals surface area contributed by atoms with Crippen LogP contribution in [0.3, 0.4) is 0 Å². The fraction of sp³-hybridized carbons (Fsp3) is 0.721. The number of benzene rings is 1. The van der Waals surface area contributed by atoms with Crippen LogP contribution < -0.4 is 0 Å². The Hall–Kier alpha value is -2.22. The zero-order chi connectivity index (χ0) is 36.4. The number of ether oxygens (including phenoxy) is 1. The van der Waals surface area contributed by atoms with Crippen molar-refractivity contribution in [2.24, 2.45) is 56.7 Å². The maximum Gasteiger partial charge on any atom is 0.409 e. The molecule has 278 valence electrons. The Kier molecular flexibility index (Phi) is 8.34. The highest BCUT2D eigenvalue weighted by molar-refractivity contribution is 6.31. The van der Waals surface area contributed by atoms with E-state index in [1.165, 1.54) is 18.9 Å². The summed E-state index contributed by atoms with van der Waals surface area (Å²) in [5.74, 6) is 1.14. The van der Waals surface area contributed by atoms with Crippen LogP contribution in [-0.4, -0.2) is 58.4 Å². The Morgan fingerprint density at radius 1 is 1.00 bits per heavy atom. The summed E-state index contributed by atoms with van der Waals surface area (Å²) in [5.41, 5.74) is -1.89. The van der Waals surface area contributed by atoms with Gasteiger partial charge in [0.15, 0.2) is 5.78 Å². The number of allylic oxidation sites excluding steroid dienone is 4. The lowest BCUT2D eigenvalue weighted by atomic mass is 9.32. The average Bonchev–Trinajstić information content (AvgIpc) is 3.36. The predicted octanol–water partition coefficient (Wildman–Crippen LogP) is 8.71. The summed E-state index contributed by atoms with van der Waals surface area (Å²) in [4.78, 5) is 30.3. The molecule has 11 unspecified atom stereocenters. The number of halogens is 2. The van der Waals surface area contributed by atoms with Gasteiger partial charge in [0.1, 0.15) is 5.82 Å². The van der Waals surface area contributed by atoms with Gasteiger partial charge in [-0.05, 0) is 124 Å². The van der Waals surface area contributed by atoms with E-state index in [2.05, 4.69) is 45.9 Å². The molecule has 0 saturated heterocycles. The number of aliphatic hydroxyl groups is 2. The van der Waals surface area contributed by atoms with Crippen molar-refractivity contribution < 1.29 is 28.9 Å². The van der Waals surface area contributed by atoms with E-state index in [-0.39, 0.29) is 64.7 Å². The van der Waals surface area contributed by atoms with Crippen LogP contribution in [0, 0.1) is 62.5 Å². The number of carbonyl (C=O) groups excluding carboxylic acids is 2. The Morgan fingerprint density at radius 2 is 1.73 bits per heavy atom. The number of fused-ring (bicyclic) bond motifs is 3. The van der Waals surface area contributed by atoms with Crippen molar-refractivity contribution in [2.75, 3.05) is 19.7 Å². The van der Waals surface area contributed by atoms with Gasteiger partial charge in [-0.2, -0.15) is 0 Å². The van der Waals surface area contributed by atoms with E-state index in [9.17, 15) is 19.8 Å². The molecule has 0 aliphatic heterocycles. The third-order valence-electron chi connectivity index (χ3n) is 16.8. The van der Waals surface area contributed by atoms with Crippen molar-refractivity contribution in [3.05, 3.63) is 58.4 Å². The van der Waals surface area contributed by atoms with Crippen molar-refractivity contribution in [1.82, 2.24) is 4.90 Å². The first-order chi connectivity index (χ1) is 24.0. The third-order valence-corrected chi connectivity index (χ3v) is 17.2. The standard InChI is InChI=1S/C43H57ClFNO5/c1-6-51-37(49)46(24-26-10-11-27-20-30(26)38(27,2)3)25-42(50)17-14-36-40(42,5)16-13-35-39(4)15-12-28(47)22-41(39)18-19-43(35,36)31(23-41)34(48)21-29-32(44)8-7-9-33(29)45/h7-9,18-19,23,26-28,30,35-36,47,50H,6,10-17,20-22,24-25H2,1-5H3. The summed E-state index contributed by atoms with van der Waals surface area (Å²) in [6, 6.07) is 4.54. The molecular weight excluding hydrogens is 665 g/mol. The van der Waals surface area contributed by atoms with E-state index in [0.717, 1.165) is 38.0 Å². The molecule has 9 aliphatic carbocycles. The molecule has 6 fully saturated rings. The average molecular weight is 722 g/mol. The second-order valence-electron chi connectivity index (χ2n) is 18.9. The highest BCUT2D eigenvalue weighted by Crippen LogP contribution is 2.78. The summed E-state index contributed by atoms with van der Waals surface area (Å²) in [7, 11) is 0. The van der Waals surface area contributed by atoms with Crippen LogP contribution in [-0.2, 0) is 16.0 Å². The number of Topliss-reactive ketones (excluding diaryl/α,β-unsaturated/α-hetero) is 1. The van der Waals surface area contributed by atoms with Crippen LogP contribution in [0.1, 0.15) is 104 Å². The van der Waals surface area contributed by atoms with Gasteiger partial charge >= 0.3 is 6.09 Å². The zero-order valence-electron chi connectivity index (χ0n) is 31.2. The molecular formula is C43H57ClFNO5. The van der Waals surface area contributed by atoms with Gasteiger partial charge in [0.25, 0.3) is 0 Å². The van der Waals surface area contributed by atoms with Gasteiger partial charge in [0, 0.05) is 45.4 Å². The number of nitrogens with zero attached hydrogens (tertiary/aromatic N) is 1. The van der Waals surface area contributed by atoms with Crippen LogP contribution >= 0.6 is 11.6 Å². The Morgan fingerprint density at radius 3 is 2.43 bits per heavy atom. The molecule has 51 heavy (non-hydrogen) atoms. The normalized spacial score (nSPS) is 44.1. The molecule has 6 nitrogen and oxygen atoms in total. The summed E-state index contributed by atoms with van der Waals surface area (Å²) >= 11 is 6.49. The van der Waals surface area contributed by atoms with E-state index < -0.39 is 33.8 Å². The van der Waals surface area contributed by atoms with E-state index >= 15 is 4.39 Å². The smallest absolute Gasteiger partial charge is 0.409 e. The molecule has 8 heteroatoms. The largest absolute Gasteiger partial charge is 0.450 e. The second kappa shape index (κ2) is 11.9. The molecule has 0 radical (unpaired) electrons. The number of amides is 1. The molecule has 9 aliphatic rings. The van der Waals surface area contributed by atoms with E-state index in [4.69, 9.17) is 16.3 Å². The molecule has 1 amide bonds. The monoisotopic (exact) mass is 721 g/mol. The zero-order valence-corrected chi connectivity index (χ0v) is 31.9. The number of rotatable bonds is 8. The highest BCUT2D eigenvalue weighted by atomic mass is 35.5. The van der Waals surface area contributed by atoms with Gasteiger partial charge in [0.05, 0.1) is 24.9 Å². The quantitative estimate of drug-likeness (QED) is 0.262. The first-order valence-electron chi connectivity index (χ1n) is 19.8. The highest BCUT2D eigenvalue weighted by Gasteiger charge is 2.74. The molecule has 11 atom stereocenters. The predicted molar refractivity (Wildman–Crippen MR) is 195 cm³/mol. The van der Waals surface area contributed by atoms with Gasteiger partial charge in [0.2, 0.25) is 0 Å². The maximum atomic E-state index is 15.2. The first kappa shape index (κ1) is 35.8. The van der Waals surface area contributed by atoms with Gasteiger partial charge in [-0.25, -0.2) is 9.18 Å². The topological polar surface area (TPSA) is 87.1 Å². The lowest BCUT2D eigenvalue weighted by molar-refractivity contribution is -0.179. The van der Waals surface area contributed by atoms with Crippen LogP contribution in [0.5, 0.6) is 0 Å². The molecule has 1 aromatic rings. The van der Waals surface area contributed by atoms with Crippen molar-refractivity contribution in [3.63, 3.8) is 0 Å². The fourth-order valence-electron chi connectivity index (χ4n) is 13.8.